The van der Waals surface area contributed by atoms with Crippen LogP contribution in [0.25, 0.3) is 5.65 Å². The number of nitrogens with one attached hydrogen (secondary N) is 1. The molecule has 1 atom stereocenters. The fourth-order valence-electron chi connectivity index (χ4n) is 2.85. The van der Waals surface area contributed by atoms with E-state index in [0.29, 0.717) is 0 Å². The van der Waals surface area contributed by atoms with Crippen molar-refractivity contribution in [1.29, 1.82) is 0 Å². The molecule has 3 nitrogen and oxygen atoms in total. The number of benzene rings is 1. The van der Waals surface area contributed by atoms with Crippen LogP contribution >= 0.6 is 0 Å². The number of rotatable bonds is 3. The summed E-state index contributed by atoms with van der Waals surface area (Å²) >= 11 is 0. The van der Waals surface area contributed by atoms with E-state index in [1.54, 1.807) is 0 Å². The van der Waals surface area contributed by atoms with E-state index in [1.165, 1.54) is 11.1 Å². The molecule has 0 saturated heterocycles. The van der Waals surface area contributed by atoms with Crippen molar-refractivity contribution in [3.05, 3.63) is 65.5 Å². The van der Waals surface area contributed by atoms with Crippen LogP contribution in [-0.4, -0.2) is 14.9 Å². The molecule has 0 aliphatic carbocycles. The second-order valence-electron chi connectivity index (χ2n) is 7.29. The molecular weight excluding hydrogens is 282 g/mol. The van der Waals surface area contributed by atoms with E-state index < -0.39 is 0 Å². The lowest BCUT2D eigenvalue weighted by Gasteiger charge is -2.24. The minimum atomic E-state index is -0.0229. The summed E-state index contributed by atoms with van der Waals surface area (Å²) in [5.74, 6) is 1.33. The second kappa shape index (κ2) is 5.73. The molecule has 0 spiro atoms. The van der Waals surface area contributed by atoms with Crippen LogP contribution in [0.3, 0.4) is 0 Å². The van der Waals surface area contributed by atoms with E-state index in [4.69, 9.17) is 4.98 Å². The van der Waals surface area contributed by atoms with Gasteiger partial charge in [-0.3, -0.25) is 4.40 Å². The fourth-order valence-corrected chi connectivity index (χ4v) is 2.85. The van der Waals surface area contributed by atoms with Crippen molar-refractivity contribution in [1.82, 2.24) is 9.38 Å². The van der Waals surface area contributed by atoms with Gasteiger partial charge in [0, 0.05) is 17.7 Å². The molecule has 0 radical (unpaired) electrons. The Kier molecular flexibility index (Phi) is 3.88. The first-order valence-corrected chi connectivity index (χ1v) is 8.17. The highest BCUT2D eigenvalue weighted by molar-refractivity contribution is 5.59. The number of hydrogen-bond acceptors (Lipinski definition) is 2. The Labute approximate surface area is 138 Å². The van der Waals surface area contributed by atoms with E-state index in [0.717, 1.165) is 17.2 Å². The van der Waals surface area contributed by atoms with Gasteiger partial charge in [0.25, 0.3) is 0 Å². The normalized spacial score (nSPS) is 13.3. The van der Waals surface area contributed by atoms with Gasteiger partial charge in [0.2, 0.25) is 0 Å². The first kappa shape index (κ1) is 15.6. The molecule has 0 aliphatic rings. The number of aryl methyl sites for hydroxylation is 1. The van der Waals surface area contributed by atoms with Gasteiger partial charge >= 0.3 is 0 Å². The van der Waals surface area contributed by atoms with E-state index in [9.17, 15) is 0 Å². The topological polar surface area (TPSA) is 29.3 Å². The smallest absolute Gasteiger partial charge is 0.138 e. The van der Waals surface area contributed by atoms with Gasteiger partial charge in [-0.1, -0.05) is 43.3 Å². The Bertz CT molecular complexity index is 810. The molecule has 1 aromatic carbocycles. The highest BCUT2D eigenvalue weighted by atomic mass is 15.2. The number of hydrogen-bond donors (Lipinski definition) is 1. The van der Waals surface area contributed by atoms with Crippen LogP contribution in [0.2, 0.25) is 0 Å². The van der Waals surface area contributed by atoms with Crippen molar-refractivity contribution in [2.45, 2.75) is 46.1 Å². The summed E-state index contributed by atoms with van der Waals surface area (Å²) in [6.45, 7) is 10.9. The van der Waals surface area contributed by atoms with Gasteiger partial charge in [0.1, 0.15) is 11.5 Å². The van der Waals surface area contributed by atoms with Crippen LogP contribution in [-0.2, 0) is 0 Å². The lowest BCUT2D eigenvalue weighted by atomic mass is 9.97. The molecule has 0 fully saturated rings. The number of aromatic nitrogens is 2. The molecule has 120 valence electrons. The van der Waals surface area contributed by atoms with Crippen LogP contribution in [0, 0.1) is 6.92 Å². The van der Waals surface area contributed by atoms with E-state index in [2.05, 4.69) is 93.0 Å². The highest BCUT2D eigenvalue weighted by Gasteiger charge is 2.22. The molecule has 23 heavy (non-hydrogen) atoms. The third-order valence-corrected chi connectivity index (χ3v) is 4.00. The van der Waals surface area contributed by atoms with Gasteiger partial charge < -0.3 is 5.32 Å². The van der Waals surface area contributed by atoms with E-state index in [-0.39, 0.29) is 11.5 Å². The number of fused-ring (bicyclic) bond motifs is 1. The minimum Gasteiger partial charge on any atom is -0.365 e. The summed E-state index contributed by atoms with van der Waals surface area (Å²) < 4.78 is 2.18. The predicted octanol–water partition coefficient (Wildman–Crippen LogP) is 5.00. The Hall–Kier alpha value is -2.29. The van der Waals surface area contributed by atoms with Gasteiger partial charge in [-0.2, -0.15) is 0 Å². The Morgan fingerprint density at radius 2 is 1.74 bits per heavy atom. The lowest BCUT2D eigenvalue weighted by Crippen LogP contribution is -2.27. The molecule has 3 rings (SSSR count). The van der Waals surface area contributed by atoms with Gasteiger partial charge in [-0.25, -0.2) is 4.98 Å². The zero-order chi connectivity index (χ0) is 16.6. The van der Waals surface area contributed by atoms with Crippen molar-refractivity contribution in [2.75, 3.05) is 5.32 Å². The fraction of sp³-hybridized carbons (Fsp3) is 0.350. The number of pyridine rings is 1. The highest BCUT2D eigenvalue weighted by Crippen LogP contribution is 2.32. The maximum atomic E-state index is 4.91. The first-order valence-electron chi connectivity index (χ1n) is 8.17. The Morgan fingerprint density at radius 3 is 2.39 bits per heavy atom. The maximum absolute atomic E-state index is 4.91. The molecule has 0 bridgehead atoms. The quantitative estimate of drug-likeness (QED) is 0.737. The molecular formula is C20H25N3. The standard InChI is InChI=1S/C20H25N3/c1-14-11-12-17-21-18(15(2)16-9-7-6-8-10-16)19(23(17)13-14)22-20(3,4)5/h6-13,15,22H,1-5H3/t15-/m1/s1. The number of anilines is 1. The van der Waals surface area contributed by atoms with Crippen molar-refractivity contribution in [3.8, 4) is 0 Å². The number of nitrogens with zero attached hydrogens (tertiary/aromatic N) is 2. The van der Waals surface area contributed by atoms with Gasteiger partial charge in [-0.15, -0.1) is 0 Å². The first-order chi connectivity index (χ1) is 10.8. The number of imidazole rings is 1. The molecule has 2 aromatic heterocycles. The van der Waals surface area contributed by atoms with Gasteiger partial charge in [0.15, 0.2) is 0 Å². The Balaban J connectivity index is 2.17. The molecule has 0 unspecified atom stereocenters. The maximum Gasteiger partial charge on any atom is 0.138 e. The third-order valence-electron chi connectivity index (χ3n) is 4.00. The summed E-state index contributed by atoms with van der Waals surface area (Å²) in [4.78, 5) is 4.91. The molecule has 2 heterocycles. The zero-order valence-corrected chi connectivity index (χ0v) is 14.6. The Morgan fingerprint density at radius 1 is 1.04 bits per heavy atom. The molecule has 3 aromatic rings. The molecule has 0 saturated carbocycles. The summed E-state index contributed by atoms with van der Waals surface area (Å²) in [5.41, 5.74) is 4.57. The third kappa shape index (κ3) is 3.24. The molecule has 0 aliphatic heterocycles. The van der Waals surface area contributed by atoms with Crippen LogP contribution in [0.5, 0.6) is 0 Å². The predicted molar refractivity (Wildman–Crippen MR) is 97.3 cm³/mol. The lowest BCUT2D eigenvalue weighted by molar-refractivity contribution is 0.626. The van der Waals surface area contributed by atoms with Crippen molar-refractivity contribution in [3.63, 3.8) is 0 Å². The van der Waals surface area contributed by atoms with Crippen LogP contribution in [0.15, 0.2) is 48.7 Å². The van der Waals surface area contributed by atoms with Crippen LogP contribution in [0.4, 0.5) is 5.82 Å². The zero-order valence-electron chi connectivity index (χ0n) is 14.6. The average Bonchev–Trinajstić information content (AvgIpc) is 2.84. The summed E-state index contributed by atoms with van der Waals surface area (Å²) in [6, 6.07) is 14.8. The van der Waals surface area contributed by atoms with Crippen molar-refractivity contribution in [2.24, 2.45) is 0 Å². The average molecular weight is 307 g/mol. The van der Waals surface area contributed by atoms with Crippen LogP contribution < -0.4 is 5.32 Å². The summed E-state index contributed by atoms with van der Waals surface area (Å²) in [5, 5.41) is 3.65. The summed E-state index contributed by atoms with van der Waals surface area (Å²) in [7, 11) is 0. The SMILES string of the molecule is Cc1ccc2nc([C@H](C)c3ccccc3)c(NC(C)(C)C)n2c1. The second-order valence-corrected chi connectivity index (χ2v) is 7.29. The summed E-state index contributed by atoms with van der Waals surface area (Å²) in [6.07, 6.45) is 2.15. The van der Waals surface area contributed by atoms with Crippen LogP contribution in [0.1, 0.15) is 50.4 Å². The largest absolute Gasteiger partial charge is 0.365 e. The van der Waals surface area contributed by atoms with E-state index in [1.807, 2.05) is 0 Å². The molecule has 1 N–H and O–H groups in total. The van der Waals surface area contributed by atoms with E-state index >= 15 is 0 Å². The minimum absolute atomic E-state index is 0.0229. The van der Waals surface area contributed by atoms with Crippen molar-refractivity contribution < 1.29 is 0 Å². The monoisotopic (exact) mass is 307 g/mol. The van der Waals surface area contributed by atoms with Gasteiger partial charge in [0.05, 0.1) is 5.69 Å². The molecule has 3 heteroatoms. The van der Waals surface area contributed by atoms with Crippen molar-refractivity contribution >= 4 is 11.5 Å². The van der Waals surface area contributed by atoms with Gasteiger partial charge in [-0.05, 0) is 44.9 Å². The molecule has 0 amide bonds.